The highest BCUT2D eigenvalue weighted by molar-refractivity contribution is 8.67. The van der Waals surface area contributed by atoms with Crippen LogP contribution in [0.25, 0.3) is 0 Å². The molecule has 0 bridgehead atoms. The topological polar surface area (TPSA) is 82.0 Å². The average molecular weight is 272 g/mol. The summed E-state index contributed by atoms with van der Waals surface area (Å²) in [4.78, 5) is 29.1. The maximum absolute atomic E-state index is 11.3. The van der Waals surface area contributed by atoms with Gasteiger partial charge in [0.25, 0.3) is 0 Å². The standard InChI is InChI=1S/C6H13N2O4PS2/c9-6(5-15-13(10,11)14)7-8-1-3-12-4-2-8/h1-5H2,(H,7,9)(H2,10,11,14). The molecule has 0 radical (unpaired) electrons. The highest BCUT2D eigenvalue weighted by Crippen LogP contribution is 2.50. The summed E-state index contributed by atoms with van der Waals surface area (Å²) >= 11 is 5.08. The van der Waals surface area contributed by atoms with Gasteiger partial charge in [0.1, 0.15) is 0 Å². The number of nitrogens with zero attached hydrogens (tertiary/aromatic N) is 1. The lowest BCUT2D eigenvalue weighted by molar-refractivity contribution is -0.125. The number of ether oxygens (including phenoxy) is 1. The minimum absolute atomic E-state index is 0.0400. The molecule has 3 N–H and O–H groups in total. The summed E-state index contributed by atoms with van der Waals surface area (Å²) in [5.41, 5.74) is -0.693. The molecule has 0 aromatic rings. The van der Waals surface area contributed by atoms with Gasteiger partial charge in [-0.05, 0) is 11.8 Å². The molecule has 1 aliphatic heterocycles. The number of rotatable bonds is 4. The number of amides is 1. The van der Waals surface area contributed by atoms with Gasteiger partial charge in [0, 0.05) is 13.1 Å². The first-order valence-corrected chi connectivity index (χ1v) is 8.59. The van der Waals surface area contributed by atoms with Crippen LogP contribution in [0.1, 0.15) is 0 Å². The first kappa shape index (κ1) is 13.4. The van der Waals surface area contributed by atoms with Gasteiger partial charge in [0.05, 0.1) is 19.0 Å². The van der Waals surface area contributed by atoms with Gasteiger partial charge in [-0.3, -0.25) is 10.2 Å². The summed E-state index contributed by atoms with van der Waals surface area (Å²) in [6, 6.07) is 0. The second-order valence-electron chi connectivity index (χ2n) is 2.90. The fourth-order valence-electron chi connectivity index (χ4n) is 1.03. The van der Waals surface area contributed by atoms with Crippen LogP contribution in [0, 0.1) is 0 Å². The van der Waals surface area contributed by atoms with Crippen LogP contribution in [0.2, 0.25) is 0 Å². The maximum Gasteiger partial charge on any atom is 0.244 e. The summed E-state index contributed by atoms with van der Waals surface area (Å²) in [7, 11) is 0. The monoisotopic (exact) mass is 272 g/mol. The fraction of sp³-hybridized carbons (Fsp3) is 0.833. The number of nitrogens with one attached hydrogen (secondary N) is 1. The number of hydrazine groups is 1. The molecule has 15 heavy (non-hydrogen) atoms. The fourth-order valence-corrected chi connectivity index (χ4v) is 2.71. The first-order valence-electron chi connectivity index (χ1n) is 4.29. The van der Waals surface area contributed by atoms with Crippen LogP contribution in [-0.2, 0) is 21.3 Å². The molecule has 1 heterocycles. The van der Waals surface area contributed by atoms with E-state index in [-0.39, 0.29) is 11.7 Å². The van der Waals surface area contributed by atoms with E-state index in [0.29, 0.717) is 37.7 Å². The molecule has 1 aliphatic rings. The quantitative estimate of drug-likeness (QED) is 0.583. The zero-order chi connectivity index (χ0) is 11.3. The lowest BCUT2D eigenvalue weighted by Crippen LogP contribution is -2.48. The Kier molecular flexibility index (Phi) is 5.48. The minimum Gasteiger partial charge on any atom is -0.379 e. The summed E-state index contributed by atoms with van der Waals surface area (Å²) in [6.07, 6.45) is 0. The van der Waals surface area contributed by atoms with Gasteiger partial charge in [0.15, 0.2) is 0 Å². The van der Waals surface area contributed by atoms with Gasteiger partial charge in [0.2, 0.25) is 11.6 Å². The third-order valence-corrected chi connectivity index (χ3v) is 4.73. The molecule has 1 fully saturated rings. The van der Waals surface area contributed by atoms with Crippen molar-refractivity contribution in [3.63, 3.8) is 0 Å². The maximum atomic E-state index is 11.3. The molecule has 0 aromatic heterocycles. The largest absolute Gasteiger partial charge is 0.379 e. The number of morpholine rings is 1. The van der Waals surface area contributed by atoms with Crippen LogP contribution in [0.4, 0.5) is 0 Å². The predicted molar refractivity (Wildman–Crippen MR) is 61.7 cm³/mol. The van der Waals surface area contributed by atoms with Crippen molar-refractivity contribution in [2.45, 2.75) is 0 Å². The van der Waals surface area contributed by atoms with Gasteiger partial charge in [-0.2, -0.15) is 0 Å². The molecule has 0 saturated carbocycles. The van der Waals surface area contributed by atoms with Crippen molar-refractivity contribution >= 4 is 34.8 Å². The summed E-state index contributed by atoms with van der Waals surface area (Å²) in [5, 5.41) is 1.74. The molecule has 1 rings (SSSR count). The number of hydrogen-bond donors (Lipinski definition) is 3. The molecule has 0 aromatic carbocycles. The van der Waals surface area contributed by atoms with Gasteiger partial charge in [-0.25, -0.2) is 5.01 Å². The second-order valence-corrected chi connectivity index (χ2v) is 8.95. The number of carbonyl (C=O) groups excluding carboxylic acids is 1. The Morgan fingerprint density at radius 3 is 2.67 bits per heavy atom. The van der Waals surface area contributed by atoms with Crippen LogP contribution in [0.15, 0.2) is 0 Å². The molecule has 9 heteroatoms. The predicted octanol–water partition coefficient (Wildman–Crippen LogP) is -0.708. The van der Waals surface area contributed by atoms with Crippen LogP contribution in [0.3, 0.4) is 0 Å². The third kappa shape index (κ3) is 6.47. The summed E-state index contributed by atoms with van der Waals surface area (Å²) < 4.78 is 5.11. The highest BCUT2D eigenvalue weighted by atomic mass is 32.9. The van der Waals surface area contributed by atoms with Crippen LogP contribution in [0.5, 0.6) is 0 Å². The molecule has 88 valence electrons. The molecule has 0 atom stereocenters. The van der Waals surface area contributed by atoms with E-state index >= 15 is 0 Å². The van der Waals surface area contributed by atoms with Crippen molar-refractivity contribution in [3.8, 4) is 0 Å². The van der Waals surface area contributed by atoms with Crippen molar-refractivity contribution in [2.75, 3.05) is 32.1 Å². The SMILES string of the molecule is O=C(CSP(O)(O)=S)NN1CCOCC1. The summed E-state index contributed by atoms with van der Waals surface area (Å²) in [5.74, 6) is -0.319. The van der Waals surface area contributed by atoms with Crippen molar-refractivity contribution < 1.29 is 19.3 Å². The van der Waals surface area contributed by atoms with Crippen molar-refractivity contribution in [1.82, 2.24) is 10.4 Å². The molecule has 1 saturated heterocycles. The lowest BCUT2D eigenvalue weighted by Gasteiger charge is -2.26. The highest BCUT2D eigenvalue weighted by Gasteiger charge is 2.15. The first-order chi connectivity index (χ1) is 6.97. The van der Waals surface area contributed by atoms with Crippen molar-refractivity contribution in [1.29, 1.82) is 0 Å². The molecular weight excluding hydrogens is 259 g/mol. The number of carbonyl (C=O) groups is 1. The van der Waals surface area contributed by atoms with Gasteiger partial charge >= 0.3 is 0 Å². The zero-order valence-corrected chi connectivity index (χ0v) is 10.5. The molecule has 6 nitrogen and oxygen atoms in total. The molecule has 0 spiro atoms. The molecule has 1 amide bonds. The van der Waals surface area contributed by atoms with E-state index in [4.69, 9.17) is 14.5 Å². The normalized spacial score (nSPS) is 18.8. The van der Waals surface area contributed by atoms with E-state index in [2.05, 4.69) is 17.2 Å². The van der Waals surface area contributed by atoms with E-state index in [1.54, 1.807) is 5.01 Å². The van der Waals surface area contributed by atoms with E-state index in [1.165, 1.54) is 0 Å². The number of hydrogen-bond acceptors (Lipinski definition) is 5. The van der Waals surface area contributed by atoms with E-state index in [1.807, 2.05) is 0 Å². The van der Waals surface area contributed by atoms with E-state index in [0.717, 1.165) is 0 Å². The average Bonchev–Trinajstić information content (AvgIpc) is 2.15. The zero-order valence-electron chi connectivity index (χ0n) is 7.96. The molecular formula is C6H13N2O4PS2. The van der Waals surface area contributed by atoms with Crippen molar-refractivity contribution in [3.05, 3.63) is 0 Å². The van der Waals surface area contributed by atoms with Crippen LogP contribution < -0.4 is 5.43 Å². The van der Waals surface area contributed by atoms with Gasteiger partial charge < -0.3 is 14.5 Å². The van der Waals surface area contributed by atoms with Crippen LogP contribution >= 0.6 is 17.1 Å². The van der Waals surface area contributed by atoms with E-state index < -0.39 is 5.69 Å². The van der Waals surface area contributed by atoms with Crippen molar-refractivity contribution in [2.24, 2.45) is 0 Å². The van der Waals surface area contributed by atoms with E-state index in [9.17, 15) is 4.79 Å². The Bertz CT molecular complexity index is 266. The Labute approximate surface area is 96.9 Å². The lowest BCUT2D eigenvalue weighted by atomic mass is 10.5. The Hall–Kier alpha value is 0.310. The second kappa shape index (κ2) is 6.15. The smallest absolute Gasteiger partial charge is 0.244 e. The van der Waals surface area contributed by atoms with Gasteiger partial charge in [-0.1, -0.05) is 11.4 Å². The van der Waals surface area contributed by atoms with Crippen LogP contribution in [-0.4, -0.2) is 52.8 Å². The Morgan fingerprint density at radius 1 is 1.53 bits per heavy atom. The molecule has 0 aliphatic carbocycles. The minimum atomic E-state index is -3.33. The third-order valence-electron chi connectivity index (χ3n) is 1.66. The molecule has 0 unspecified atom stereocenters. The Morgan fingerprint density at radius 2 is 2.13 bits per heavy atom. The Balaban J connectivity index is 2.20. The van der Waals surface area contributed by atoms with Gasteiger partial charge in [-0.15, -0.1) is 0 Å². The summed E-state index contributed by atoms with van der Waals surface area (Å²) in [6.45, 7) is 2.46.